The largest absolute Gasteiger partial charge is 0.288 e. The number of thiophene rings is 1. The molecule has 3 aromatic rings. The van der Waals surface area contributed by atoms with Crippen molar-refractivity contribution in [2.24, 2.45) is 0 Å². The highest BCUT2D eigenvalue weighted by atomic mass is 32.1. The SMILES string of the molecule is CCc1nnsc1C(=O)c1cccc2ccsc12. The van der Waals surface area contributed by atoms with Gasteiger partial charge in [0.15, 0.2) is 0 Å². The second-order valence-corrected chi connectivity index (χ2v) is 5.55. The number of hydrogen-bond acceptors (Lipinski definition) is 5. The predicted molar refractivity (Wildman–Crippen MR) is 74.5 cm³/mol. The van der Waals surface area contributed by atoms with Crippen LogP contribution in [-0.4, -0.2) is 15.4 Å². The molecule has 2 aromatic heterocycles. The van der Waals surface area contributed by atoms with Crippen LogP contribution in [0.3, 0.4) is 0 Å². The van der Waals surface area contributed by atoms with E-state index in [4.69, 9.17) is 0 Å². The minimum atomic E-state index is 0.0369. The number of hydrogen-bond donors (Lipinski definition) is 0. The van der Waals surface area contributed by atoms with Crippen molar-refractivity contribution < 1.29 is 4.79 Å². The number of benzene rings is 1. The molecule has 1 aromatic carbocycles. The van der Waals surface area contributed by atoms with Gasteiger partial charge in [-0.3, -0.25) is 4.79 Å². The van der Waals surface area contributed by atoms with Gasteiger partial charge in [0.1, 0.15) is 4.88 Å². The zero-order chi connectivity index (χ0) is 12.5. The van der Waals surface area contributed by atoms with E-state index in [0.717, 1.165) is 27.8 Å². The summed E-state index contributed by atoms with van der Waals surface area (Å²) in [6, 6.07) is 7.85. The Balaban J connectivity index is 2.15. The van der Waals surface area contributed by atoms with Crippen LogP contribution in [0, 0.1) is 0 Å². The second-order valence-electron chi connectivity index (χ2n) is 3.88. The molecular formula is C13H10N2OS2. The van der Waals surface area contributed by atoms with Gasteiger partial charge in [-0.05, 0) is 40.9 Å². The molecule has 5 heteroatoms. The molecule has 0 amide bonds. The van der Waals surface area contributed by atoms with Crippen molar-refractivity contribution in [2.45, 2.75) is 13.3 Å². The van der Waals surface area contributed by atoms with Crippen LogP contribution in [0.25, 0.3) is 10.1 Å². The van der Waals surface area contributed by atoms with Gasteiger partial charge in [0.25, 0.3) is 0 Å². The molecule has 0 saturated carbocycles. The van der Waals surface area contributed by atoms with E-state index in [2.05, 4.69) is 9.59 Å². The topological polar surface area (TPSA) is 42.9 Å². The number of nitrogens with zero attached hydrogens (tertiary/aromatic N) is 2. The van der Waals surface area contributed by atoms with Gasteiger partial charge in [-0.2, -0.15) is 0 Å². The molecule has 0 radical (unpaired) electrons. The summed E-state index contributed by atoms with van der Waals surface area (Å²) in [4.78, 5) is 13.2. The molecule has 0 bridgehead atoms. The Morgan fingerprint density at radius 3 is 3.06 bits per heavy atom. The molecule has 0 spiro atoms. The summed E-state index contributed by atoms with van der Waals surface area (Å²) in [6.45, 7) is 1.99. The molecule has 3 nitrogen and oxygen atoms in total. The summed E-state index contributed by atoms with van der Waals surface area (Å²) < 4.78 is 4.92. The molecule has 0 N–H and O–H groups in total. The molecule has 0 unspecified atom stereocenters. The second kappa shape index (κ2) is 4.59. The number of rotatable bonds is 3. The van der Waals surface area contributed by atoms with Crippen LogP contribution in [0.1, 0.15) is 27.9 Å². The fraction of sp³-hybridized carbons (Fsp3) is 0.154. The van der Waals surface area contributed by atoms with Crippen LogP contribution in [0.5, 0.6) is 0 Å². The maximum atomic E-state index is 12.5. The maximum absolute atomic E-state index is 12.5. The minimum Gasteiger partial charge on any atom is -0.288 e. The molecular weight excluding hydrogens is 264 g/mol. The Hall–Kier alpha value is -1.59. The molecule has 3 rings (SSSR count). The van der Waals surface area contributed by atoms with Crippen molar-refractivity contribution in [3.8, 4) is 0 Å². The molecule has 0 aliphatic rings. The molecule has 0 aliphatic carbocycles. The standard InChI is InChI=1S/C13H10N2OS2/c1-2-10-13(18-15-14-10)11(16)9-5-3-4-8-6-7-17-12(8)9/h3-7H,2H2,1H3. The lowest BCUT2D eigenvalue weighted by Gasteiger charge is -2.01. The lowest BCUT2D eigenvalue weighted by Crippen LogP contribution is -2.02. The van der Waals surface area contributed by atoms with Crippen LogP contribution >= 0.6 is 22.9 Å². The van der Waals surface area contributed by atoms with Gasteiger partial charge >= 0.3 is 0 Å². The summed E-state index contributed by atoms with van der Waals surface area (Å²) in [6.07, 6.45) is 0.734. The number of fused-ring (bicyclic) bond motifs is 1. The normalized spacial score (nSPS) is 10.9. The Bertz CT molecular complexity index is 714. The summed E-state index contributed by atoms with van der Waals surface area (Å²) in [7, 11) is 0. The van der Waals surface area contributed by atoms with E-state index in [1.54, 1.807) is 11.3 Å². The molecule has 0 fully saturated rings. The zero-order valence-corrected chi connectivity index (χ0v) is 11.3. The van der Waals surface area contributed by atoms with E-state index in [1.807, 2.05) is 36.6 Å². The van der Waals surface area contributed by atoms with Crippen LogP contribution in [0.15, 0.2) is 29.6 Å². The molecule has 18 heavy (non-hydrogen) atoms. The molecule has 2 heterocycles. The van der Waals surface area contributed by atoms with Crippen molar-refractivity contribution in [1.82, 2.24) is 9.59 Å². The summed E-state index contributed by atoms with van der Waals surface area (Å²) in [5.74, 6) is 0.0369. The predicted octanol–water partition coefficient (Wildman–Crippen LogP) is 3.55. The molecule has 90 valence electrons. The van der Waals surface area contributed by atoms with Gasteiger partial charge in [-0.15, -0.1) is 16.4 Å². The summed E-state index contributed by atoms with van der Waals surface area (Å²) >= 11 is 2.78. The average Bonchev–Trinajstić information content (AvgIpc) is 3.05. The molecule has 0 saturated heterocycles. The van der Waals surface area contributed by atoms with E-state index < -0.39 is 0 Å². The highest BCUT2D eigenvalue weighted by Crippen LogP contribution is 2.28. The van der Waals surface area contributed by atoms with E-state index in [-0.39, 0.29) is 5.78 Å². The number of carbonyl (C=O) groups is 1. The molecule has 0 aliphatic heterocycles. The first-order chi connectivity index (χ1) is 8.81. The van der Waals surface area contributed by atoms with Gasteiger partial charge in [-0.25, -0.2) is 0 Å². The van der Waals surface area contributed by atoms with Crippen LogP contribution in [0.2, 0.25) is 0 Å². The Labute approximate surface area is 112 Å². The number of aromatic nitrogens is 2. The van der Waals surface area contributed by atoms with E-state index in [9.17, 15) is 4.79 Å². The average molecular weight is 274 g/mol. The van der Waals surface area contributed by atoms with Gasteiger partial charge in [0.05, 0.1) is 5.69 Å². The van der Waals surface area contributed by atoms with Crippen LogP contribution in [-0.2, 0) is 6.42 Å². The third kappa shape index (κ3) is 1.76. The number of aryl methyl sites for hydroxylation is 1. The van der Waals surface area contributed by atoms with Crippen molar-refractivity contribution in [3.05, 3.63) is 45.8 Å². The molecule has 0 atom stereocenters. The number of carbonyl (C=O) groups excluding carboxylic acids is 1. The lowest BCUT2D eigenvalue weighted by molar-refractivity contribution is 0.104. The third-order valence-corrected chi connectivity index (χ3v) is 4.55. The third-order valence-electron chi connectivity index (χ3n) is 2.82. The van der Waals surface area contributed by atoms with Crippen molar-refractivity contribution in [3.63, 3.8) is 0 Å². The van der Waals surface area contributed by atoms with Gasteiger partial charge < -0.3 is 0 Å². The first-order valence-corrected chi connectivity index (χ1v) is 7.28. The first-order valence-electron chi connectivity index (χ1n) is 5.63. The summed E-state index contributed by atoms with van der Waals surface area (Å²) in [5, 5.41) is 7.12. The quantitative estimate of drug-likeness (QED) is 0.686. The highest BCUT2D eigenvalue weighted by molar-refractivity contribution is 7.17. The highest BCUT2D eigenvalue weighted by Gasteiger charge is 2.19. The van der Waals surface area contributed by atoms with Crippen molar-refractivity contribution in [1.29, 1.82) is 0 Å². The van der Waals surface area contributed by atoms with Crippen molar-refractivity contribution in [2.75, 3.05) is 0 Å². The van der Waals surface area contributed by atoms with E-state index in [1.165, 1.54) is 11.5 Å². The van der Waals surface area contributed by atoms with Crippen LogP contribution in [0.4, 0.5) is 0 Å². The fourth-order valence-electron chi connectivity index (χ4n) is 1.91. The Morgan fingerprint density at radius 2 is 2.22 bits per heavy atom. The zero-order valence-electron chi connectivity index (χ0n) is 9.71. The fourth-order valence-corrected chi connectivity index (χ4v) is 3.52. The lowest BCUT2D eigenvalue weighted by atomic mass is 10.1. The monoisotopic (exact) mass is 274 g/mol. The Kier molecular flexibility index (Phi) is 2.93. The van der Waals surface area contributed by atoms with E-state index >= 15 is 0 Å². The van der Waals surface area contributed by atoms with Gasteiger partial charge in [0.2, 0.25) is 5.78 Å². The van der Waals surface area contributed by atoms with Gasteiger partial charge in [0, 0.05) is 10.3 Å². The Morgan fingerprint density at radius 1 is 1.33 bits per heavy atom. The summed E-state index contributed by atoms with van der Waals surface area (Å²) in [5.41, 5.74) is 1.54. The smallest absolute Gasteiger partial charge is 0.207 e. The van der Waals surface area contributed by atoms with Crippen molar-refractivity contribution >= 4 is 38.7 Å². The first kappa shape index (κ1) is 11.5. The van der Waals surface area contributed by atoms with Gasteiger partial charge in [-0.1, -0.05) is 23.5 Å². The maximum Gasteiger partial charge on any atom is 0.207 e. The van der Waals surface area contributed by atoms with E-state index in [0.29, 0.717) is 4.88 Å². The minimum absolute atomic E-state index is 0.0369. The number of ketones is 1. The van der Waals surface area contributed by atoms with Crippen LogP contribution < -0.4 is 0 Å².